The Kier molecular flexibility index (Phi) is 11.7. The molecule has 14 heteroatoms. The summed E-state index contributed by atoms with van der Waals surface area (Å²) in [5.74, 6) is -1.25. The zero-order valence-corrected chi connectivity index (χ0v) is 31.0. The number of esters is 2. The van der Waals surface area contributed by atoms with Crippen LogP contribution in [0, 0.1) is 5.92 Å². The number of benzene rings is 1. The molecule has 0 saturated carbocycles. The number of Topliss-reactive ketones (excluding diaryl/α,β-unsaturated/α-hetero) is 2. The zero-order valence-electron chi connectivity index (χ0n) is 31.0. The quantitative estimate of drug-likeness (QED) is 0.192. The van der Waals surface area contributed by atoms with Crippen molar-refractivity contribution in [1.29, 1.82) is 0 Å². The molecule has 3 aliphatic heterocycles. The molecule has 52 heavy (non-hydrogen) atoms. The molecule has 0 radical (unpaired) electrons. The van der Waals surface area contributed by atoms with Crippen LogP contribution in [0.1, 0.15) is 90.4 Å². The Balaban J connectivity index is 1.08. The van der Waals surface area contributed by atoms with Gasteiger partial charge >= 0.3 is 24.1 Å². The van der Waals surface area contributed by atoms with Gasteiger partial charge in [0.05, 0.1) is 5.52 Å². The summed E-state index contributed by atoms with van der Waals surface area (Å²) in [5, 5.41) is 0.743. The van der Waals surface area contributed by atoms with Crippen molar-refractivity contribution in [2.24, 2.45) is 5.92 Å². The van der Waals surface area contributed by atoms with E-state index in [1.807, 2.05) is 12.1 Å². The number of hydrogen-bond acceptors (Lipinski definition) is 12. The van der Waals surface area contributed by atoms with E-state index in [9.17, 15) is 28.8 Å². The first kappa shape index (κ1) is 38.5. The highest BCUT2D eigenvalue weighted by Crippen LogP contribution is 2.27. The van der Waals surface area contributed by atoms with E-state index in [-0.39, 0.29) is 24.1 Å². The summed E-state index contributed by atoms with van der Waals surface area (Å²) in [4.78, 5) is 86.2. The van der Waals surface area contributed by atoms with Gasteiger partial charge in [0.1, 0.15) is 35.7 Å². The van der Waals surface area contributed by atoms with Gasteiger partial charge in [0.15, 0.2) is 18.2 Å². The van der Waals surface area contributed by atoms with Crippen molar-refractivity contribution >= 4 is 52.4 Å². The molecule has 3 aliphatic rings. The van der Waals surface area contributed by atoms with Crippen molar-refractivity contribution in [2.75, 3.05) is 44.3 Å². The zero-order chi connectivity index (χ0) is 37.8. The van der Waals surface area contributed by atoms with Gasteiger partial charge in [-0.05, 0) is 110 Å². The second kappa shape index (κ2) is 15.9. The minimum Gasteiger partial charge on any atom is -0.456 e. The summed E-state index contributed by atoms with van der Waals surface area (Å²) in [5.41, 5.74) is -0.325. The normalized spacial score (nSPS) is 19.8. The third-order valence-electron chi connectivity index (χ3n) is 9.28. The minimum absolute atomic E-state index is 0.146. The number of carbonyl (C=O) groups is 6. The molecule has 0 aliphatic carbocycles. The fraction of sp³-hybridized carbons (Fsp3) is 0.605. The third-order valence-corrected chi connectivity index (χ3v) is 9.28. The number of hydrogen-bond donors (Lipinski definition) is 0. The van der Waals surface area contributed by atoms with Crippen LogP contribution in [0.15, 0.2) is 30.3 Å². The predicted octanol–water partition coefficient (Wildman–Crippen LogP) is 5.09. The largest absolute Gasteiger partial charge is 0.456 e. The first-order valence-corrected chi connectivity index (χ1v) is 18.0. The van der Waals surface area contributed by atoms with E-state index in [0.717, 1.165) is 11.2 Å². The van der Waals surface area contributed by atoms with Gasteiger partial charge in [-0.3, -0.25) is 19.4 Å². The van der Waals surface area contributed by atoms with Crippen molar-refractivity contribution in [3.63, 3.8) is 0 Å². The van der Waals surface area contributed by atoms with Gasteiger partial charge < -0.3 is 23.8 Å². The van der Waals surface area contributed by atoms with Crippen molar-refractivity contribution in [3.8, 4) is 0 Å². The molecule has 3 saturated heterocycles. The van der Waals surface area contributed by atoms with Crippen molar-refractivity contribution in [1.82, 2.24) is 14.8 Å². The number of rotatable bonds is 9. The molecular weight excluding hydrogens is 672 g/mol. The molecule has 14 nitrogen and oxygen atoms in total. The molecule has 282 valence electrons. The number of fused-ring (bicyclic) bond motifs is 1. The molecule has 2 aromatic rings. The monoisotopic (exact) mass is 722 g/mol. The van der Waals surface area contributed by atoms with Gasteiger partial charge in [-0.25, -0.2) is 24.2 Å². The maximum atomic E-state index is 13.0. The second-order valence-corrected chi connectivity index (χ2v) is 15.6. The fourth-order valence-corrected chi connectivity index (χ4v) is 6.67. The maximum absolute atomic E-state index is 13.0. The Morgan fingerprint density at radius 2 is 1.23 bits per heavy atom. The molecule has 4 heterocycles. The summed E-state index contributed by atoms with van der Waals surface area (Å²) >= 11 is 0. The topological polar surface area (TPSA) is 162 Å². The predicted molar refractivity (Wildman–Crippen MR) is 190 cm³/mol. The smallest absolute Gasteiger partial charge is 0.411 e. The van der Waals surface area contributed by atoms with Crippen LogP contribution in [0.5, 0.6) is 0 Å². The number of likely N-dealkylation sites (tertiary alicyclic amines) is 2. The van der Waals surface area contributed by atoms with E-state index in [1.54, 1.807) is 59.7 Å². The lowest BCUT2D eigenvalue weighted by molar-refractivity contribution is -0.153. The van der Waals surface area contributed by atoms with Crippen molar-refractivity contribution < 1.29 is 47.7 Å². The summed E-state index contributed by atoms with van der Waals surface area (Å²) in [6, 6.07) is 7.28. The van der Waals surface area contributed by atoms with Crippen LogP contribution in [0.3, 0.4) is 0 Å². The Hall–Kier alpha value is -4.75. The lowest BCUT2D eigenvalue weighted by atomic mass is 9.93. The molecule has 2 amide bonds. The summed E-state index contributed by atoms with van der Waals surface area (Å²) in [7, 11) is 0. The van der Waals surface area contributed by atoms with Crippen molar-refractivity contribution in [2.45, 2.75) is 103 Å². The molecule has 3 fully saturated rings. The van der Waals surface area contributed by atoms with E-state index in [0.29, 0.717) is 75.8 Å². The third kappa shape index (κ3) is 9.77. The van der Waals surface area contributed by atoms with Gasteiger partial charge in [0, 0.05) is 43.0 Å². The molecule has 0 unspecified atom stereocenters. The number of ketones is 2. The molecule has 0 N–H and O–H groups in total. The standard InChI is InChI=1S/C38H50N4O10/c1-37(2,3)51-35(47)41-17-7-9-28(41)33(45)49-22-30(43)24-15-19-40(20-16-24)32-14-12-25-21-26(11-13-27(25)39-32)31(44)23-50-34(46)29-10-8-18-42(29)36(48)52-38(4,5)6/h11-14,21,24,28-29H,7-10,15-20,22-23H2,1-6H3/t28-,29-/m0/s1. The first-order chi connectivity index (χ1) is 24.5. The number of ether oxygens (including phenoxy) is 4. The Morgan fingerprint density at radius 1 is 0.692 bits per heavy atom. The highest BCUT2D eigenvalue weighted by atomic mass is 16.6. The van der Waals surface area contributed by atoms with Crippen LogP contribution >= 0.6 is 0 Å². The van der Waals surface area contributed by atoms with Crippen LogP contribution in [0.2, 0.25) is 0 Å². The summed E-state index contributed by atoms with van der Waals surface area (Å²) in [6.45, 7) is 11.7. The number of amides is 2. The molecule has 5 rings (SSSR count). The van der Waals surface area contributed by atoms with Gasteiger partial charge in [-0.2, -0.15) is 0 Å². The van der Waals surface area contributed by atoms with E-state index in [4.69, 9.17) is 23.9 Å². The van der Waals surface area contributed by atoms with Crippen LogP contribution < -0.4 is 4.90 Å². The van der Waals surface area contributed by atoms with E-state index in [2.05, 4.69) is 4.90 Å². The number of anilines is 1. The van der Waals surface area contributed by atoms with E-state index >= 15 is 0 Å². The lowest BCUT2D eigenvalue weighted by Crippen LogP contribution is -2.44. The van der Waals surface area contributed by atoms with E-state index in [1.165, 1.54) is 9.80 Å². The van der Waals surface area contributed by atoms with Crippen LogP contribution in [-0.2, 0) is 33.3 Å². The maximum Gasteiger partial charge on any atom is 0.411 e. The molecule has 2 atom stereocenters. The Morgan fingerprint density at radius 3 is 1.77 bits per heavy atom. The molecular formula is C38H50N4O10. The molecule has 1 aromatic heterocycles. The molecule has 1 aromatic carbocycles. The lowest BCUT2D eigenvalue weighted by Gasteiger charge is -2.32. The van der Waals surface area contributed by atoms with Gasteiger partial charge in [-0.15, -0.1) is 0 Å². The average molecular weight is 723 g/mol. The minimum atomic E-state index is -0.789. The van der Waals surface area contributed by atoms with Gasteiger partial charge in [0.25, 0.3) is 0 Å². The number of nitrogens with zero attached hydrogens (tertiary/aromatic N) is 4. The highest BCUT2D eigenvalue weighted by molar-refractivity contribution is 6.01. The second-order valence-electron chi connectivity index (χ2n) is 15.6. The summed E-state index contributed by atoms with van der Waals surface area (Å²) in [6.07, 6.45) is 2.22. The van der Waals surface area contributed by atoms with Crippen molar-refractivity contribution in [3.05, 3.63) is 35.9 Å². The summed E-state index contributed by atoms with van der Waals surface area (Å²) < 4.78 is 21.6. The number of carbonyl (C=O) groups excluding carboxylic acids is 6. The van der Waals surface area contributed by atoms with Crippen LogP contribution in [0.4, 0.5) is 15.4 Å². The Labute approximate surface area is 304 Å². The van der Waals surface area contributed by atoms with Crippen LogP contribution in [0.25, 0.3) is 10.9 Å². The van der Waals surface area contributed by atoms with Crippen LogP contribution in [-0.4, -0.2) is 113 Å². The fourth-order valence-electron chi connectivity index (χ4n) is 6.67. The number of aromatic nitrogens is 1. The number of piperidine rings is 1. The SMILES string of the molecule is CC(C)(C)OC(=O)N1CCC[C@H]1C(=O)OCC(=O)c1ccc2nc(N3CCC(C(=O)COC(=O)[C@@H]4CCCN4C(=O)OC(C)(C)C)CC3)ccc2c1. The molecule has 0 bridgehead atoms. The molecule has 0 spiro atoms. The van der Waals surface area contributed by atoms with Gasteiger partial charge in [-0.1, -0.05) is 0 Å². The average Bonchev–Trinajstić information content (AvgIpc) is 3.79. The highest BCUT2D eigenvalue weighted by Gasteiger charge is 2.39. The Bertz CT molecular complexity index is 1690. The first-order valence-electron chi connectivity index (χ1n) is 18.0. The van der Waals surface area contributed by atoms with Gasteiger partial charge in [0.2, 0.25) is 0 Å². The van der Waals surface area contributed by atoms with E-state index < -0.39 is 54.0 Å². The number of pyridine rings is 1.